The van der Waals surface area contributed by atoms with Crippen LogP contribution in [0, 0.1) is 0 Å². The molecule has 0 heterocycles. The molecule has 0 saturated carbocycles. The molecular weight excluding hydrogens is 373 g/mol. The van der Waals surface area contributed by atoms with Gasteiger partial charge in [-0.3, -0.25) is 4.57 Å². The molecule has 0 fully saturated rings. The molecule has 0 unspecified atom stereocenters. The number of carbonyl (C=O) groups excluding carboxylic acids is 1. The standard InChI is InChI=1S/C18H28NO7P/c1-6-24-27(23,25-7-2)14-10-8-13(9-11-14)12-15(16(20)21)19-17(22)26-18(3,4)5/h8-11,15H,6-7,12H2,1-5H3,(H,19,22)(H,20,21)/t15-/m0/s1. The maximum absolute atomic E-state index is 12.7. The van der Waals surface area contributed by atoms with E-state index in [4.69, 9.17) is 13.8 Å². The van der Waals surface area contributed by atoms with E-state index < -0.39 is 31.3 Å². The number of carboxylic acid groups (broad SMARTS) is 1. The Kier molecular flexibility index (Phi) is 8.47. The van der Waals surface area contributed by atoms with E-state index in [-0.39, 0.29) is 19.6 Å². The third kappa shape index (κ3) is 7.71. The van der Waals surface area contributed by atoms with Crippen molar-refractivity contribution in [3.8, 4) is 0 Å². The third-order valence-corrected chi connectivity index (χ3v) is 5.41. The Bertz CT molecular complexity index is 672. The largest absolute Gasteiger partial charge is 0.480 e. The van der Waals surface area contributed by atoms with E-state index in [1.807, 2.05) is 0 Å². The zero-order valence-corrected chi connectivity index (χ0v) is 17.2. The number of aliphatic carboxylic acids is 1. The van der Waals surface area contributed by atoms with Crippen LogP contribution in [0.1, 0.15) is 40.2 Å². The highest BCUT2D eigenvalue weighted by Crippen LogP contribution is 2.46. The van der Waals surface area contributed by atoms with Crippen molar-refractivity contribution in [2.24, 2.45) is 0 Å². The fourth-order valence-electron chi connectivity index (χ4n) is 2.23. The van der Waals surface area contributed by atoms with Crippen molar-refractivity contribution in [1.82, 2.24) is 5.32 Å². The number of alkyl carbamates (subject to hydrolysis) is 1. The van der Waals surface area contributed by atoms with E-state index >= 15 is 0 Å². The van der Waals surface area contributed by atoms with Gasteiger partial charge in [0.25, 0.3) is 0 Å². The van der Waals surface area contributed by atoms with E-state index in [1.165, 1.54) is 0 Å². The molecule has 1 rings (SSSR count). The van der Waals surface area contributed by atoms with Crippen LogP contribution in [0.4, 0.5) is 4.79 Å². The van der Waals surface area contributed by atoms with E-state index in [0.717, 1.165) is 0 Å². The highest BCUT2D eigenvalue weighted by atomic mass is 31.2. The van der Waals surface area contributed by atoms with Gasteiger partial charge >= 0.3 is 19.7 Å². The van der Waals surface area contributed by atoms with Crippen molar-refractivity contribution < 1.29 is 33.0 Å². The first-order valence-corrected chi connectivity index (χ1v) is 10.3. The van der Waals surface area contributed by atoms with E-state index in [2.05, 4.69) is 5.32 Å². The Morgan fingerprint density at radius 3 is 2.04 bits per heavy atom. The molecule has 0 aliphatic rings. The summed E-state index contributed by atoms with van der Waals surface area (Å²) in [6, 6.07) is 5.26. The molecule has 1 aromatic carbocycles. The molecule has 0 saturated heterocycles. The van der Waals surface area contributed by atoms with Gasteiger partial charge in [-0.1, -0.05) is 12.1 Å². The zero-order chi connectivity index (χ0) is 20.7. The van der Waals surface area contributed by atoms with Crippen LogP contribution in [0.15, 0.2) is 24.3 Å². The average Bonchev–Trinajstić information content (AvgIpc) is 2.53. The van der Waals surface area contributed by atoms with Gasteiger partial charge in [-0.25, -0.2) is 9.59 Å². The van der Waals surface area contributed by atoms with Crippen LogP contribution in [0.2, 0.25) is 0 Å². The lowest BCUT2D eigenvalue weighted by Gasteiger charge is -2.22. The smallest absolute Gasteiger partial charge is 0.408 e. The number of rotatable bonds is 9. The lowest BCUT2D eigenvalue weighted by Crippen LogP contribution is -2.44. The Morgan fingerprint density at radius 2 is 1.63 bits per heavy atom. The van der Waals surface area contributed by atoms with Gasteiger partial charge in [0.1, 0.15) is 11.6 Å². The van der Waals surface area contributed by atoms with Crippen LogP contribution in [-0.2, 0) is 29.6 Å². The quantitative estimate of drug-likeness (QED) is 0.612. The Labute approximate surface area is 159 Å². The molecule has 27 heavy (non-hydrogen) atoms. The number of carbonyl (C=O) groups is 2. The molecule has 0 bridgehead atoms. The molecule has 8 nitrogen and oxygen atoms in total. The first-order valence-electron chi connectivity index (χ1n) is 8.71. The summed E-state index contributed by atoms with van der Waals surface area (Å²) in [6.07, 6.45) is -0.758. The molecule has 152 valence electrons. The fraction of sp³-hybridized carbons (Fsp3) is 0.556. The van der Waals surface area contributed by atoms with Crippen LogP contribution >= 0.6 is 7.60 Å². The second kappa shape index (κ2) is 9.88. The number of hydrogen-bond acceptors (Lipinski definition) is 6. The van der Waals surface area contributed by atoms with Crippen LogP contribution in [0.25, 0.3) is 0 Å². The van der Waals surface area contributed by atoms with Gasteiger partial charge < -0.3 is 24.2 Å². The maximum Gasteiger partial charge on any atom is 0.408 e. The van der Waals surface area contributed by atoms with Gasteiger partial charge in [0.2, 0.25) is 0 Å². The Hall–Kier alpha value is -1.89. The summed E-state index contributed by atoms with van der Waals surface area (Å²) >= 11 is 0. The first-order chi connectivity index (χ1) is 12.5. The SMILES string of the molecule is CCOP(=O)(OCC)c1ccc(C[C@H](NC(=O)OC(C)(C)C)C(=O)O)cc1. The van der Waals surface area contributed by atoms with Crippen molar-refractivity contribution in [1.29, 1.82) is 0 Å². The normalized spacial score (nSPS) is 13.1. The molecule has 0 radical (unpaired) electrons. The summed E-state index contributed by atoms with van der Waals surface area (Å²) in [4.78, 5) is 23.3. The highest BCUT2D eigenvalue weighted by molar-refractivity contribution is 7.62. The lowest BCUT2D eigenvalue weighted by atomic mass is 10.1. The van der Waals surface area contributed by atoms with Crippen LogP contribution < -0.4 is 10.6 Å². The van der Waals surface area contributed by atoms with Crippen molar-refractivity contribution in [3.05, 3.63) is 29.8 Å². The summed E-state index contributed by atoms with van der Waals surface area (Å²) in [6.45, 7) is 8.99. The first kappa shape index (κ1) is 23.1. The predicted octanol–water partition coefficient (Wildman–Crippen LogP) is 3.10. The molecule has 0 aliphatic carbocycles. The minimum atomic E-state index is -3.40. The molecular formula is C18H28NO7P. The monoisotopic (exact) mass is 401 g/mol. The molecule has 0 aromatic heterocycles. The Morgan fingerprint density at radius 1 is 1.11 bits per heavy atom. The molecule has 1 atom stereocenters. The molecule has 1 aromatic rings. The zero-order valence-electron chi connectivity index (χ0n) is 16.4. The van der Waals surface area contributed by atoms with Gasteiger partial charge in [0.15, 0.2) is 0 Å². The van der Waals surface area contributed by atoms with Gasteiger partial charge in [-0.15, -0.1) is 0 Å². The van der Waals surface area contributed by atoms with Crippen LogP contribution in [0.5, 0.6) is 0 Å². The summed E-state index contributed by atoms with van der Waals surface area (Å²) in [5.41, 5.74) is -0.0872. The fourth-order valence-corrected chi connectivity index (χ4v) is 3.79. The second-order valence-corrected chi connectivity index (χ2v) is 8.77. The third-order valence-electron chi connectivity index (χ3n) is 3.28. The summed E-state index contributed by atoms with van der Waals surface area (Å²) in [5, 5.41) is 12.1. The number of nitrogens with one attached hydrogen (secondary N) is 1. The summed E-state index contributed by atoms with van der Waals surface area (Å²) in [7, 11) is -3.40. The molecule has 9 heteroatoms. The summed E-state index contributed by atoms with van der Waals surface area (Å²) in [5.74, 6) is -1.18. The van der Waals surface area contributed by atoms with E-state index in [0.29, 0.717) is 10.9 Å². The Balaban J connectivity index is 2.88. The topological polar surface area (TPSA) is 111 Å². The van der Waals surface area contributed by atoms with Crippen molar-refractivity contribution in [3.63, 3.8) is 0 Å². The number of hydrogen-bond donors (Lipinski definition) is 2. The average molecular weight is 401 g/mol. The number of carboxylic acids is 1. The number of amides is 1. The van der Waals surface area contributed by atoms with Crippen molar-refractivity contribution in [2.75, 3.05) is 13.2 Å². The van der Waals surface area contributed by atoms with Crippen LogP contribution in [0.3, 0.4) is 0 Å². The minimum absolute atomic E-state index is 0.0441. The second-order valence-electron chi connectivity index (χ2n) is 6.74. The molecule has 0 spiro atoms. The van der Waals surface area contributed by atoms with Gasteiger partial charge in [-0.05, 0) is 52.3 Å². The van der Waals surface area contributed by atoms with Crippen molar-refractivity contribution in [2.45, 2.75) is 52.7 Å². The van der Waals surface area contributed by atoms with Gasteiger partial charge in [0.05, 0.1) is 18.5 Å². The summed E-state index contributed by atoms with van der Waals surface area (Å²) < 4.78 is 28.4. The number of ether oxygens (including phenoxy) is 1. The lowest BCUT2D eigenvalue weighted by molar-refractivity contribution is -0.139. The maximum atomic E-state index is 12.7. The van der Waals surface area contributed by atoms with Gasteiger partial charge in [0, 0.05) is 6.42 Å². The van der Waals surface area contributed by atoms with E-state index in [1.54, 1.807) is 58.9 Å². The number of benzene rings is 1. The molecule has 0 aliphatic heterocycles. The predicted molar refractivity (Wildman–Crippen MR) is 101 cm³/mol. The molecule has 1 amide bonds. The van der Waals surface area contributed by atoms with Crippen LogP contribution in [-0.4, -0.2) is 42.0 Å². The van der Waals surface area contributed by atoms with Crippen molar-refractivity contribution >= 4 is 25.0 Å². The molecule has 2 N–H and O–H groups in total. The van der Waals surface area contributed by atoms with Gasteiger partial charge in [-0.2, -0.15) is 0 Å². The highest BCUT2D eigenvalue weighted by Gasteiger charge is 2.27. The minimum Gasteiger partial charge on any atom is -0.480 e. The van der Waals surface area contributed by atoms with E-state index in [9.17, 15) is 19.3 Å².